The van der Waals surface area contributed by atoms with Gasteiger partial charge in [0.05, 0.1) is 22.8 Å². The largest absolute Gasteiger partial charge is 0.292 e. The van der Waals surface area contributed by atoms with E-state index in [0.717, 1.165) is 50.1 Å². The summed E-state index contributed by atoms with van der Waals surface area (Å²) < 4.78 is 11.5. The van der Waals surface area contributed by atoms with E-state index in [0.29, 0.717) is 0 Å². The molecule has 5 heteroatoms. The van der Waals surface area contributed by atoms with E-state index in [9.17, 15) is 0 Å². The third-order valence-corrected chi connectivity index (χ3v) is 6.93. The van der Waals surface area contributed by atoms with Crippen molar-refractivity contribution >= 4 is 55.3 Å². The fourth-order valence-corrected chi connectivity index (χ4v) is 5.50. The summed E-state index contributed by atoms with van der Waals surface area (Å²) in [7, 11) is 0. The van der Waals surface area contributed by atoms with Crippen LogP contribution in [0.2, 0.25) is 0 Å². The fraction of sp³-hybridized carbons (Fsp3) is 0.0357. The van der Waals surface area contributed by atoms with Crippen LogP contribution in [0.3, 0.4) is 0 Å². The summed E-state index contributed by atoms with van der Waals surface area (Å²) in [5.74, 6) is 0.885. The number of nitrogens with zero attached hydrogens (tertiary/aromatic N) is 4. The smallest absolute Gasteiger partial charge is 0.148 e. The second-order valence-electron chi connectivity index (χ2n) is 8.29. The first-order valence-electron chi connectivity index (χ1n) is 10.9. The van der Waals surface area contributed by atoms with Crippen molar-refractivity contribution in [3.63, 3.8) is 0 Å². The molecule has 0 N–H and O–H groups in total. The fourth-order valence-electron chi connectivity index (χ4n) is 4.89. The Morgan fingerprint density at radius 2 is 1.24 bits per heavy atom. The van der Waals surface area contributed by atoms with E-state index >= 15 is 0 Å². The number of benzene rings is 5. The molecule has 0 unspecified atom stereocenters. The van der Waals surface area contributed by atoms with Crippen molar-refractivity contribution in [3.05, 3.63) is 96.6 Å². The van der Waals surface area contributed by atoms with E-state index in [4.69, 9.17) is 4.98 Å². The van der Waals surface area contributed by atoms with Gasteiger partial charge >= 0.3 is 0 Å². The lowest BCUT2D eigenvalue weighted by molar-refractivity contribution is 1.11. The van der Waals surface area contributed by atoms with E-state index in [1.54, 1.807) is 0 Å². The molecule has 33 heavy (non-hydrogen) atoms. The number of imidazole rings is 1. The van der Waals surface area contributed by atoms with Crippen molar-refractivity contribution in [1.82, 2.24) is 18.3 Å². The molecule has 0 atom stereocenters. The average Bonchev–Trinajstić information content (AvgIpc) is 3.52. The number of aryl methyl sites for hydroxylation is 1. The Bertz CT molecular complexity index is 1830. The predicted molar refractivity (Wildman–Crippen MR) is 137 cm³/mol. The highest BCUT2D eigenvalue weighted by atomic mass is 32.1. The standard InChI is InChI=1S/C28H18N4S/c1-17-15-16-23(25-24(17)30-33-31-25)28-29-26-21-13-7-5-11-19(21)20-12-6-8-14-22(20)27(26)32(28)18-9-3-2-4-10-18/h2-16H,1H3. The van der Waals surface area contributed by atoms with Crippen molar-refractivity contribution in [2.75, 3.05) is 0 Å². The number of para-hydroxylation sites is 1. The first-order chi connectivity index (χ1) is 16.3. The summed E-state index contributed by atoms with van der Waals surface area (Å²) in [6.07, 6.45) is 0. The SMILES string of the molecule is Cc1ccc(-c2nc3c4ccccc4c4ccccc4c3n2-c2ccccc2)c2nsnc12. The topological polar surface area (TPSA) is 43.6 Å². The molecule has 5 aromatic carbocycles. The van der Waals surface area contributed by atoms with Crippen LogP contribution in [0.15, 0.2) is 91.0 Å². The Morgan fingerprint density at radius 3 is 2.03 bits per heavy atom. The first kappa shape index (κ1) is 18.5. The third-order valence-electron chi connectivity index (χ3n) is 6.40. The van der Waals surface area contributed by atoms with Crippen LogP contribution < -0.4 is 0 Å². The zero-order valence-electron chi connectivity index (χ0n) is 17.9. The Kier molecular flexibility index (Phi) is 3.89. The van der Waals surface area contributed by atoms with Gasteiger partial charge in [-0.1, -0.05) is 72.8 Å². The number of hydrogen-bond acceptors (Lipinski definition) is 4. The minimum Gasteiger partial charge on any atom is -0.292 e. The van der Waals surface area contributed by atoms with Gasteiger partial charge in [0.1, 0.15) is 16.9 Å². The van der Waals surface area contributed by atoms with E-state index in [1.807, 2.05) is 6.07 Å². The van der Waals surface area contributed by atoms with E-state index in [2.05, 4.69) is 105 Å². The molecule has 2 heterocycles. The molecule has 0 bridgehead atoms. The summed E-state index contributed by atoms with van der Waals surface area (Å²) in [6.45, 7) is 2.08. The van der Waals surface area contributed by atoms with Crippen molar-refractivity contribution in [1.29, 1.82) is 0 Å². The predicted octanol–water partition coefficient (Wildman–Crippen LogP) is 7.31. The molecule has 0 radical (unpaired) electrons. The molecule has 0 saturated carbocycles. The Hall–Kier alpha value is -4.09. The zero-order chi connectivity index (χ0) is 21.9. The maximum Gasteiger partial charge on any atom is 0.148 e. The van der Waals surface area contributed by atoms with Gasteiger partial charge in [0, 0.05) is 22.0 Å². The summed E-state index contributed by atoms with van der Waals surface area (Å²) in [5, 5.41) is 4.79. The number of rotatable bonds is 2. The van der Waals surface area contributed by atoms with Gasteiger partial charge in [-0.15, -0.1) is 0 Å². The molecule has 0 saturated heterocycles. The van der Waals surface area contributed by atoms with Gasteiger partial charge in [-0.05, 0) is 41.5 Å². The average molecular weight is 443 g/mol. The van der Waals surface area contributed by atoms with Crippen LogP contribution in [-0.4, -0.2) is 18.3 Å². The van der Waals surface area contributed by atoms with Crippen molar-refractivity contribution in [2.24, 2.45) is 0 Å². The van der Waals surface area contributed by atoms with Gasteiger partial charge < -0.3 is 0 Å². The summed E-state index contributed by atoms with van der Waals surface area (Å²) >= 11 is 1.25. The van der Waals surface area contributed by atoms with Gasteiger partial charge in [0.2, 0.25) is 0 Å². The molecule has 0 aliphatic heterocycles. The lowest BCUT2D eigenvalue weighted by Crippen LogP contribution is -1.98. The van der Waals surface area contributed by atoms with E-state index in [1.165, 1.54) is 27.9 Å². The van der Waals surface area contributed by atoms with Crippen LogP contribution in [0.4, 0.5) is 0 Å². The molecule has 156 valence electrons. The van der Waals surface area contributed by atoms with Gasteiger partial charge in [0.15, 0.2) is 0 Å². The molecule has 0 fully saturated rings. The molecule has 4 nitrogen and oxygen atoms in total. The molecule has 2 aromatic heterocycles. The van der Waals surface area contributed by atoms with Gasteiger partial charge in [-0.25, -0.2) is 4.98 Å². The minimum absolute atomic E-state index is 0.885. The summed E-state index contributed by atoms with van der Waals surface area (Å²) in [5.41, 5.74) is 7.16. The molecule has 0 aliphatic rings. The van der Waals surface area contributed by atoms with E-state index in [-0.39, 0.29) is 0 Å². The quantitative estimate of drug-likeness (QED) is 0.264. The van der Waals surface area contributed by atoms with Crippen molar-refractivity contribution < 1.29 is 0 Å². The van der Waals surface area contributed by atoms with Crippen molar-refractivity contribution in [3.8, 4) is 17.1 Å². The van der Waals surface area contributed by atoms with Gasteiger partial charge in [0.25, 0.3) is 0 Å². The monoisotopic (exact) mass is 442 g/mol. The maximum atomic E-state index is 5.30. The Morgan fingerprint density at radius 1 is 0.606 bits per heavy atom. The minimum atomic E-state index is 0.885. The highest BCUT2D eigenvalue weighted by molar-refractivity contribution is 7.00. The maximum absolute atomic E-state index is 5.30. The van der Waals surface area contributed by atoms with Crippen LogP contribution in [0.25, 0.3) is 60.7 Å². The van der Waals surface area contributed by atoms with Gasteiger partial charge in [-0.2, -0.15) is 8.75 Å². The highest BCUT2D eigenvalue weighted by Crippen LogP contribution is 2.40. The Labute approximate surface area is 194 Å². The van der Waals surface area contributed by atoms with E-state index < -0.39 is 0 Å². The van der Waals surface area contributed by atoms with Crippen LogP contribution in [-0.2, 0) is 0 Å². The molecular formula is C28H18N4S. The molecular weight excluding hydrogens is 424 g/mol. The second kappa shape index (κ2) is 6.95. The number of aromatic nitrogens is 4. The molecule has 0 aliphatic carbocycles. The van der Waals surface area contributed by atoms with Crippen LogP contribution in [0, 0.1) is 6.92 Å². The highest BCUT2D eigenvalue weighted by Gasteiger charge is 2.22. The summed E-state index contributed by atoms with van der Waals surface area (Å²) in [6, 6.07) is 31.9. The lowest BCUT2D eigenvalue weighted by atomic mass is 10.00. The lowest BCUT2D eigenvalue weighted by Gasteiger charge is -2.12. The molecule has 0 spiro atoms. The van der Waals surface area contributed by atoms with Crippen LogP contribution >= 0.6 is 11.7 Å². The van der Waals surface area contributed by atoms with Crippen molar-refractivity contribution in [2.45, 2.75) is 6.92 Å². The third kappa shape index (κ3) is 2.60. The molecule has 7 rings (SSSR count). The normalized spacial score (nSPS) is 11.8. The van der Waals surface area contributed by atoms with Crippen LogP contribution in [0.5, 0.6) is 0 Å². The first-order valence-corrected chi connectivity index (χ1v) is 11.6. The van der Waals surface area contributed by atoms with Crippen LogP contribution in [0.1, 0.15) is 5.56 Å². The summed E-state index contributed by atoms with van der Waals surface area (Å²) in [4.78, 5) is 5.30. The number of fused-ring (bicyclic) bond motifs is 7. The molecule has 0 amide bonds. The zero-order valence-corrected chi connectivity index (χ0v) is 18.7. The molecule has 7 aromatic rings. The van der Waals surface area contributed by atoms with Gasteiger partial charge in [-0.3, -0.25) is 4.57 Å². The Balaban J connectivity index is 1.75. The number of hydrogen-bond donors (Lipinski definition) is 0. The second-order valence-corrected chi connectivity index (χ2v) is 8.81.